The molecule has 0 aromatic heterocycles. The van der Waals surface area contributed by atoms with Gasteiger partial charge in [-0.15, -0.1) is 0 Å². The van der Waals surface area contributed by atoms with Gasteiger partial charge < -0.3 is 28.8 Å². The van der Waals surface area contributed by atoms with Gasteiger partial charge in [0.25, 0.3) is 0 Å². The lowest BCUT2D eigenvalue weighted by atomic mass is 10.5. The maximum Gasteiger partial charge on any atom is 0.332 e. The van der Waals surface area contributed by atoms with E-state index in [1.54, 1.807) is 0 Å². The van der Waals surface area contributed by atoms with Crippen LogP contribution in [0.5, 0.6) is 0 Å². The van der Waals surface area contributed by atoms with Crippen molar-refractivity contribution in [2.45, 2.75) is 19.6 Å². The highest BCUT2D eigenvalue weighted by molar-refractivity contribution is 5.81. The van der Waals surface area contributed by atoms with E-state index in [4.69, 9.17) is 28.8 Å². The van der Waals surface area contributed by atoms with Crippen molar-refractivity contribution in [2.24, 2.45) is 0 Å². The van der Waals surface area contributed by atoms with Gasteiger partial charge >= 0.3 is 5.97 Å². The van der Waals surface area contributed by atoms with Gasteiger partial charge in [0.2, 0.25) is 6.29 Å². The van der Waals surface area contributed by atoms with Gasteiger partial charge in [0, 0.05) is 6.08 Å². The number of rotatable bonds is 15. The molecule has 124 valence electrons. The quantitative estimate of drug-likeness (QED) is 0.204. The lowest BCUT2D eigenvalue weighted by Crippen LogP contribution is -2.27. The van der Waals surface area contributed by atoms with Gasteiger partial charge in [0.05, 0.1) is 46.2 Å². The second-order valence-corrected chi connectivity index (χ2v) is 3.96. The molecule has 0 spiro atoms. The fourth-order valence-corrected chi connectivity index (χ4v) is 1.23. The highest BCUT2D eigenvalue weighted by atomic mass is 16.7. The van der Waals surface area contributed by atoms with Gasteiger partial charge in [-0.2, -0.15) is 0 Å². The predicted octanol–water partition coefficient (Wildman–Crippen LogP) is 0.510. The molecule has 0 saturated heterocycles. The summed E-state index contributed by atoms with van der Waals surface area (Å²) in [6, 6.07) is 0. The zero-order valence-electron chi connectivity index (χ0n) is 12.6. The maximum absolute atomic E-state index is 11.1. The zero-order valence-corrected chi connectivity index (χ0v) is 12.6. The molecular weight excluding hydrogens is 280 g/mol. The standard InChI is InChI=1S/C14H26O7/c1-3-6-20-14(21-13(16)4-2)12-19-11-10-18-9-8-17-7-5-15/h4,14-15H,2-3,5-12H2,1H3. The Bertz CT molecular complexity index is 258. The highest BCUT2D eigenvalue weighted by Gasteiger charge is 2.12. The highest BCUT2D eigenvalue weighted by Crippen LogP contribution is 1.99. The Balaban J connectivity index is 3.58. The molecule has 0 aliphatic carbocycles. The van der Waals surface area contributed by atoms with Crippen molar-refractivity contribution < 1.29 is 33.6 Å². The Kier molecular flexibility index (Phi) is 14.7. The molecule has 0 saturated carbocycles. The monoisotopic (exact) mass is 306 g/mol. The summed E-state index contributed by atoms with van der Waals surface area (Å²) in [4.78, 5) is 11.1. The average Bonchev–Trinajstić information content (AvgIpc) is 2.50. The van der Waals surface area contributed by atoms with Crippen LogP contribution in [-0.4, -0.2) is 70.2 Å². The minimum Gasteiger partial charge on any atom is -0.430 e. The SMILES string of the molecule is C=CC(=O)OC(COCCOCCOCCO)OCCC. The molecule has 0 aliphatic heterocycles. The molecule has 0 bridgehead atoms. The summed E-state index contributed by atoms with van der Waals surface area (Å²) in [6.07, 6.45) is 1.17. The third-order valence-corrected chi connectivity index (χ3v) is 2.16. The van der Waals surface area contributed by atoms with Crippen LogP contribution in [0.15, 0.2) is 12.7 Å². The minimum atomic E-state index is -0.733. The summed E-state index contributed by atoms with van der Waals surface area (Å²) in [5, 5.41) is 8.49. The number of aliphatic hydroxyl groups is 1. The first-order valence-electron chi connectivity index (χ1n) is 7.03. The Morgan fingerprint density at radius 1 is 1.10 bits per heavy atom. The van der Waals surface area contributed by atoms with Crippen LogP contribution in [-0.2, 0) is 28.5 Å². The first-order chi connectivity index (χ1) is 10.2. The van der Waals surface area contributed by atoms with Crippen LogP contribution in [0.3, 0.4) is 0 Å². The second-order valence-electron chi connectivity index (χ2n) is 3.96. The molecule has 0 aromatic carbocycles. The molecular formula is C14H26O7. The third-order valence-electron chi connectivity index (χ3n) is 2.16. The Labute approximate surface area is 125 Å². The van der Waals surface area contributed by atoms with Gasteiger partial charge in [0.15, 0.2) is 0 Å². The molecule has 0 heterocycles. The number of carbonyl (C=O) groups excluding carboxylic acids is 1. The molecule has 0 amide bonds. The smallest absolute Gasteiger partial charge is 0.332 e. The number of ether oxygens (including phenoxy) is 5. The molecule has 1 N–H and O–H groups in total. The van der Waals surface area contributed by atoms with E-state index in [-0.39, 0.29) is 13.2 Å². The molecule has 0 aromatic rings. The summed E-state index contributed by atoms with van der Waals surface area (Å²) in [5.41, 5.74) is 0. The Hall–Kier alpha value is -0.990. The normalized spacial score (nSPS) is 12.1. The van der Waals surface area contributed by atoms with E-state index in [0.717, 1.165) is 12.5 Å². The van der Waals surface area contributed by atoms with Crippen LogP contribution < -0.4 is 0 Å². The topological polar surface area (TPSA) is 83.5 Å². The van der Waals surface area contributed by atoms with Crippen molar-refractivity contribution in [1.29, 1.82) is 0 Å². The fourth-order valence-electron chi connectivity index (χ4n) is 1.23. The van der Waals surface area contributed by atoms with Crippen molar-refractivity contribution in [3.8, 4) is 0 Å². The predicted molar refractivity (Wildman–Crippen MR) is 75.9 cm³/mol. The molecule has 0 aliphatic rings. The lowest BCUT2D eigenvalue weighted by molar-refractivity contribution is -0.186. The fraction of sp³-hybridized carbons (Fsp3) is 0.786. The van der Waals surface area contributed by atoms with Gasteiger partial charge in [-0.3, -0.25) is 0 Å². The number of hydrogen-bond acceptors (Lipinski definition) is 7. The number of esters is 1. The first-order valence-corrected chi connectivity index (χ1v) is 7.03. The molecule has 0 radical (unpaired) electrons. The van der Waals surface area contributed by atoms with E-state index in [0.29, 0.717) is 39.6 Å². The van der Waals surface area contributed by atoms with Crippen LogP contribution >= 0.6 is 0 Å². The van der Waals surface area contributed by atoms with Crippen LogP contribution in [0.1, 0.15) is 13.3 Å². The molecule has 0 fully saturated rings. The Morgan fingerprint density at radius 3 is 2.29 bits per heavy atom. The lowest BCUT2D eigenvalue weighted by Gasteiger charge is -2.17. The largest absolute Gasteiger partial charge is 0.430 e. The summed E-state index contributed by atoms with van der Waals surface area (Å²) in [7, 11) is 0. The van der Waals surface area contributed by atoms with E-state index >= 15 is 0 Å². The second kappa shape index (κ2) is 15.4. The van der Waals surface area contributed by atoms with Crippen LogP contribution in [0, 0.1) is 0 Å². The van der Waals surface area contributed by atoms with Crippen molar-refractivity contribution in [2.75, 3.05) is 52.9 Å². The van der Waals surface area contributed by atoms with Gasteiger partial charge in [-0.25, -0.2) is 4.79 Å². The van der Waals surface area contributed by atoms with Gasteiger partial charge in [-0.05, 0) is 6.42 Å². The van der Waals surface area contributed by atoms with E-state index < -0.39 is 12.3 Å². The van der Waals surface area contributed by atoms with Crippen molar-refractivity contribution in [1.82, 2.24) is 0 Å². The summed E-state index contributed by atoms with van der Waals surface area (Å²) >= 11 is 0. The summed E-state index contributed by atoms with van der Waals surface area (Å²) < 4.78 is 25.9. The molecule has 1 unspecified atom stereocenters. The molecule has 7 heteroatoms. The van der Waals surface area contributed by atoms with E-state index in [9.17, 15) is 4.79 Å². The van der Waals surface area contributed by atoms with Crippen LogP contribution in [0.2, 0.25) is 0 Å². The van der Waals surface area contributed by atoms with Crippen molar-refractivity contribution in [3.63, 3.8) is 0 Å². The molecule has 1 atom stereocenters. The van der Waals surface area contributed by atoms with Crippen LogP contribution in [0.25, 0.3) is 0 Å². The average molecular weight is 306 g/mol. The maximum atomic E-state index is 11.1. The minimum absolute atomic E-state index is 0.00564. The number of aliphatic hydroxyl groups excluding tert-OH is 1. The third kappa shape index (κ3) is 13.7. The van der Waals surface area contributed by atoms with Crippen molar-refractivity contribution >= 4 is 5.97 Å². The molecule has 7 nitrogen and oxygen atoms in total. The number of hydrogen-bond donors (Lipinski definition) is 1. The van der Waals surface area contributed by atoms with Crippen LogP contribution in [0.4, 0.5) is 0 Å². The van der Waals surface area contributed by atoms with E-state index in [1.807, 2.05) is 6.92 Å². The van der Waals surface area contributed by atoms with E-state index in [2.05, 4.69) is 6.58 Å². The first kappa shape index (κ1) is 20.0. The molecule has 0 rings (SSSR count). The summed E-state index contributed by atoms with van der Waals surface area (Å²) in [6.45, 7) is 7.85. The summed E-state index contributed by atoms with van der Waals surface area (Å²) in [5.74, 6) is -0.544. The zero-order chi connectivity index (χ0) is 15.8. The van der Waals surface area contributed by atoms with E-state index in [1.165, 1.54) is 0 Å². The van der Waals surface area contributed by atoms with Crippen molar-refractivity contribution in [3.05, 3.63) is 12.7 Å². The van der Waals surface area contributed by atoms with Gasteiger partial charge in [-0.1, -0.05) is 13.5 Å². The van der Waals surface area contributed by atoms with Gasteiger partial charge in [0.1, 0.15) is 6.61 Å². The molecule has 21 heavy (non-hydrogen) atoms. The number of carbonyl (C=O) groups is 1. The Morgan fingerprint density at radius 2 is 1.71 bits per heavy atom.